The van der Waals surface area contributed by atoms with Crippen molar-refractivity contribution in [3.05, 3.63) is 63.7 Å². The largest absolute Gasteiger partial charge is 0.507 e. The van der Waals surface area contributed by atoms with Crippen LogP contribution in [0.25, 0.3) is 0 Å². The number of carbonyl (C=O) groups is 1. The molecular weight excluding hydrogens is 314 g/mol. The SMILES string of the molecule is Cc1ccc(/C=N/NC(=O)COc2ccccc2[N+](=O)[O-])c(O)c1. The number of phenolic OH excluding ortho intramolecular Hbond substituents is 1. The number of aromatic hydroxyl groups is 1. The maximum Gasteiger partial charge on any atom is 0.310 e. The summed E-state index contributed by atoms with van der Waals surface area (Å²) in [6.45, 7) is 1.41. The summed E-state index contributed by atoms with van der Waals surface area (Å²) in [6, 6.07) is 10.8. The third-order valence-electron chi connectivity index (χ3n) is 3.00. The lowest BCUT2D eigenvalue weighted by Gasteiger charge is -2.05. The van der Waals surface area contributed by atoms with Crippen LogP contribution in [0.2, 0.25) is 0 Å². The number of ether oxygens (including phenoxy) is 1. The molecule has 0 bridgehead atoms. The maximum absolute atomic E-state index is 11.6. The predicted octanol–water partition coefficient (Wildman–Crippen LogP) is 2.14. The summed E-state index contributed by atoms with van der Waals surface area (Å²) < 4.78 is 5.13. The van der Waals surface area contributed by atoms with Crippen LogP contribution in [-0.4, -0.2) is 28.8 Å². The summed E-state index contributed by atoms with van der Waals surface area (Å²) in [6.07, 6.45) is 1.29. The first-order valence-corrected chi connectivity index (χ1v) is 6.95. The van der Waals surface area contributed by atoms with E-state index < -0.39 is 17.4 Å². The second kappa shape index (κ2) is 7.73. The monoisotopic (exact) mass is 329 g/mol. The Morgan fingerprint density at radius 2 is 2.12 bits per heavy atom. The van der Waals surface area contributed by atoms with Crippen molar-refractivity contribution in [1.29, 1.82) is 0 Å². The first kappa shape index (κ1) is 16.9. The van der Waals surface area contributed by atoms with Crippen LogP contribution in [0, 0.1) is 17.0 Å². The topological polar surface area (TPSA) is 114 Å². The third kappa shape index (κ3) is 4.54. The molecule has 0 aliphatic rings. The Hall–Kier alpha value is -3.42. The number of hydrogen-bond donors (Lipinski definition) is 2. The van der Waals surface area contributed by atoms with Crippen LogP contribution in [0.4, 0.5) is 5.69 Å². The van der Waals surface area contributed by atoms with E-state index in [4.69, 9.17) is 4.74 Å². The molecule has 0 aliphatic carbocycles. The quantitative estimate of drug-likeness (QED) is 0.479. The van der Waals surface area contributed by atoms with E-state index in [-0.39, 0.29) is 17.2 Å². The molecule has 0 aromatic heterocycles. The number of nitro benzene ring substituents is 1. The van der Waals surface area contributed by atoms with Crippen molar-refractivity contribution in [2.45, 2.75) is 6.92 Å². The summed E-state index contributed by atoms with van der Waals surface area (Å²) in [7, 11) is 0. The van der Waals surface area contributed by atoms with Crippen LogP contribution >= 0.6 is 0 Å². The normalized spacial score (nSPS) is 10.5. The van der Waals surface area contributed by atoms with Crippen molar-refractivity contribution in [3.8, 4) is 11.5 Å². The number of nitrogens with zero attached hydrogens (tertiary/aromatic N) is 2. The van der Waals surface area contributed by atoms with Crippen molar-refractivity contribution in [2.75, 3.05) is 6.61 Å². The smallest absolute Gasteiger partial charge is 0.310 e. The average Bonchev–Trinajstić information content (AvgIpc) is 2.55. The predicted molar refractivity (Wildman–Crippen MR) is 87.2 cm³/mol. The van der Waals surface area contributed by atoms with Gasteiger partial charge in [-0.05, 0) is 30.7 Å². The molecule has 8 nitrogen and oxygen atoms in total. The van der Waals surface area contributed by atoms with Gasteiger partial charge in [-0.2, -0.15) is 5.10 Å². The molecule has 0 aliphatic heterocycles. The van der Waals surface area contributed by atoms with Crippen LogP contribution in [-0.2, 0) is 4.79 Å². The van der Waals surface area contributed by atoms with E-state index in [9.17, 15) is 20.0 Å². The van der Waals surface area contributed by atoms with Gasteiger partial charge in [0.25, 0.3) is 5.91 Å². The molecule has 0 spiro atoms. The van der Waals surface area contributed by atoms with E-state index in [1.165, 1.54) is 24.4 Å². The molecule has 2 N–H and O–H groups in total. The summed E-state index contributed by atoms with van der Waals surface area (Å²) in [5, 5.41) is 24.2. The lowest BCUT2D eigenvalue weighted by Crippen LogP contribution is -2.24. The van der Waals surface area contributed by atoms with Gasteiger partial charge in [-0.15, -0.1) is 0 Å². The van der Waals surface area contributed by atoms with E-state index >= 15 is 0 Å². The Balaban J connectivity index is 1.90. The molecule has 2 rings (SSSR count). The van der Waals surface area contributed by atoms with Gasteiger partial charge in [0.15, 0.2) is 12.4 Å². The number of aryl methyl sites for hydroxylation is 1. The third-order valence-corrected chi connectivity index (χ3v) is 3.00. The van der Waals surface area contributed by atoms with E-state index in [1.54, 1.807) is 24.3 Å². The number of para-hydroxylation sites is 2. The highest BCUT2D eigenvalue weighted by molar-refractivity contribution is 5.85. The molecular formula is C16H15N3O5. The fourth-order valence-corrected chi connectivity index (χ4v) is 1.84. The second-order valence-corrected chi connectivity index (χ2v) is 4.87. The molecule has 0 atom stereocenters. The van der Waals surface area contributed by atoms with Gasteiger partial charge in [0.2, 0.25) is 0 Å². The molecule has 1 amide bonds. The van der Waals surface area contributed by atoms with Gasteiger partial charge in [-0.1, -0.05) is 18.2 Å². The zero-order valence-electron chi connectivity index (χ0n) is 12.8. The Bertz CT molecular complexity index is 789. The number of nitrogens with one attached hydrogen (secondary N) is 1. The molecule has 24 heavy (non-hydrogen) atoms. The minimum atomic E-state index is -0.592. The molecule has 0 saturated carbocycles. The molecule has 0 fully saturated rings. The Labute approximate surface area is 137 Å². The zero-order chi connectivity index (χ0) is 17.5. The first-order chi connectivity index (χ1) is 11.5. The van der Waals surface area contributed by atoms with Gasteiger partial charge in [-0.25, -0.2) is 5.43 Å². The number of benzene rings is 2. The van der Waals surface area contributed by atoms with Crippen molar-refractivity contribution >= 4 is 17.8 Å². The minimum absolute atomic E-state index is 0.00203. The Kier molecular flexibility index (Phi) is 5.45. The lowest BCUT2D eigenvalue weighted by atomic mass is 10.1. The van der Waals surface area contributed by atoms with Crippen molar-refractivity contribution < 1.29 is 19.6 Å². The Morgan fingerprint density at radius 1 is 1.38 bits per heavy atom. The van der Waals surface area contributed by atoms with E-state index in [0.717, 1.165) is 5.56 Å². The average molecular weight is 329 g/mol. The van der Waals surface area contributed by atoms with Crippen molar-refractivity contribution in [3.63, 3.8) is 0 Å². The summed E-state index contributed by atoms with van der Waals surface area (Å²) >= 11 is 0. The highest BCUT2D eigenvalue weighted by Gasteiger charge is 2.14. The van der Waals surface area contributed by atoms with Gasteiger partial charge in [-0.3, -0.25) is 14.9 Å². The number of nitro groups is 1. The molecule has 2 aromatic carbocycles. The summed E-state index contributed by atoms with van der Waals surface area (Å²) in [5.74, 6) is -0.544. The van der Waals surface area contributed by atoms with Gasteiger partial charge in [0.1, 0.15) is 5.75 Å². The van der Waals surface area contributed by atoms with Gasteiger partial charge in [0.05, 0.1) is 11.1 Å². The number of carbonyl (C=O) groups excluding carboxylic acids is 1. The molecule has 8 heteroatoms. The number of rotatable bonds is 6. The van der Waals surface area contributed by atoms with Gasteiger partial charge >= 0.3 is 5.69 Å². The molecule has 0 radical (unpaired) electrons. The number of amides is 1. The molecule has 124 valence electrons. The van der Waals surface area contributed by atoms with Crippen molar-refractivity contribution in [1.82, 2.24) is 5.43 Å². The Morgan fingerprint density at radius 3 is 2.83 bits per heavy atom. The van der Waals surface area contributed by atoms with E-state index in [1.807, 2.05) is 6.92 Å². The molecule has 0 unspecified atom stereocenters. The second-order valence-electron chi connectivity index (χ2n) is 4.87. The number of hydrazone groups is 1. The van der Waals surface area contributed by atoms with Crippen LogP contribution in [0.1, 0.15) is 11.1 Å². The van der Waals surface area contributed by atoms with Crippen molar-refractivity contribution in [2.24, 2.45) is 5.10 Å². The highest BCUT2D eigenvalue weighted by atomic mass is 16.6. The number of phenols is 1. The lowest BCUT2D eigenvalue weighted by molar-refractivity contribution is -0.385. The number of hydrogen-bond acceptors (Lipinski definition) is 6. The highest BCUT2D eigenvalue weighted by Crippen LogP contribution is 2.25. The zero-order valence-corrected chi connectivity index (χ0v) is 12.8. The fourth-order valence-electron chi connectivity index (χ4n) is 1.84. The standard InChI is InChI=1S/C16H15N3O5/c1-11-6-7-12(14(20)8-11)9-17-18-16(21)10-24-15-5-3-2-4-13(15)19(22)23/h2-9,20H,10H2,1H3,(H,18,21)/b17-9+. The fraction of sp³-hybridized carbons (Fsp3) is 0.125. The minimum Gasteiger partial charge on any atom is -0.507 e. The molecule has 0 heterocycles. The van der Waals surface area contributed by atoms with Crippen LogP contribution in [0.5, 0.6) is 11.5 Å². The van der Waals surface area contributed by atoms with Crippen LogP contribution < -0.4 is 10.2 Å². The molecule has 0 saturated heterocycles. The van der Waals surface area contributed by atoms with Crippen LogP contribution in [0.15, 0.2) is 47.6 Å². The van der Waals surface area contributed by atoms with E-state index in [0.29, 0.717) is 5.56 Å². The summed E-state index contributed by atoms with van der Waals surface area (Å²) in [4.78, 5) is 21.9. The van der Waals surface area contributed by atoms with Gasteiger partial charge < -0.3 is 9.84 Å². The van der Waals surface area contributed by atoms with Gasteiger partial charge in [0, 0.05) is 11.6 Å². The maximum atomic E-state index is 11.6. The van der Waals surface area contributed by atoms with E-state index in [2.05, 4.69) is 10.5 Å². The summed E-state index contributed by atoms with van der Waals surface area (Å²) in [5.41, 5.74) is 3.33. The molecule has 2 aromatic rings. The first-order valence-electron chi connectivity index (χ1n) is 6.95. The van der Waals surface area contributed by atoms with Crippen LogP contribution in [0.3, 0.4) is 0 Å².